The summed E-state index contributed by atoms with van der Waals surface area (Å²) in [6.07, 6.45) is -4.48. The Bertz CT molecular complexity index is 2040. The van der Waals surface area contributed by atoms with Crippen molar-refractivity contribution in [3.63, 3.8) is 0 Å². The van der Waals surface area contributed by atoms with E-state index in [1.807, 2.05) is 0 Å². The number of nitrogens with zero attached hydrogens (tertiary/aromatic N) is 1. The summed E-state index contributed by atoms with van der Waals surface area (Å²) in [5.41, 5.74) is 1.51. The molecule has 0 atom stereocenters. The molecule has 6 nitrogen and oxygen atoms in total. The largest absolute Gasteiger partial charge is 0.505 e. The lowest BCUT2D eigenvalue weighted by molar-refractivity contribution is -0.137. The first-order valence-corrected chi connectivity index (χ1v) is 16.9. The molecule has 0 saturated carbocycles. The van der Waals surface area contributed by atoms with Crippen LogP contribution in [0.25, 0.3) is 11.1 Å². The van der Waals surface area contributed by atoms with E-state index < -0.39 is 32.4 Å². The Morgan fingerprint density at radius 1 is 0.729 bits per heavy atom. The lowest BCUT2D eigenvalue weighted by Crippen LogP contribution is -2.30. The predicted molar refractivity (Wildman–Crippen MR) is 181 cm³/mol. The Hall–Kier alpha value is -3.64. The Morgan fingerprint density at radius 2 is 1.31 bits per heavy atom. The fourth-order valence-electron chi connectivity index (χ4n) is 4.81. The van der Waals surface area contributed by atoms with E-state index in [4.69, 9.17) is 55.9 Å². The molecule has 0 saturated heterocycles. The molecule has 0 unspecified atom stereocenters. The average Bonchev–Trinajstić information content (AvgIpc) is 3.03. The van der Waals surface area contributed by atoms with Gasteiger partial charge in [0.15, 0.2) is 5.75 Å². The third kappa shape index (κ3) is 8.14. The van der Waals surface area contributed by atoms with Crippen molar-refractivity contribution in [2.45, 2.75) is 24.2 Å². The molecule has 250 valence electrons. The van der Waals surface area contributed by atoms with E-state index in [2.05, 4.69) is 0 Å². The zero-order valence-corrected chi connectivity index (χ0v) is 28.6. The van der Waals surface area contributed by atoms with Crippen molar-refractivity contribution < 1.29 is 36.2 Å². The van der Waals surface area contributed by atoms with Crippen LogP contribution in [-0.2, 0) is 29.3 Å². The summed E-state index contributed by atoms with van der Waals surface area (Å²) in [5.74, 6) is 0.198. The minimum atomic E-state index is -4.48. The van der Waals surface area contributed by atoms with Crippen LogP contribution < -0.4 is 9.47 Å². The van der Waals surface area contributed by atoms with E-state index in [9.17, 15) is 26.7 Å². The van der Waals surface area contributed by atoms with Crippen molar-refractivity contribution in [1.29, 1.82) is 0 Å². The number of hydrogen-bond donors (Lipinski definition) is 1. The van der Waals surface area contributed by atoms with Crippen LogP contribution in [0.3, 0.4) is 0 Å². The summed E-state index contributed by atoms with van der Waals surface area (Å²) >= 11 is 24.9. The normalized spacial score (nSPS) is 11.9. The number of alkyl halides is 3. The Balaban J connectivity index is 1.50. The molecule has 14 heteroatoms. The number of aromatic hydroxyl groups is 1. The fourth-order valence-corrected chi connectivity index (χ4v) is 7.42. The summed E-state index contributed by atoms with van der Waals surface area (Å²) < 4.78 is 79.4. The molecular weight excluding hydrogens is 733 g/mol. The Kier molecular flexibility index (Phi) is 10.7. The second-order valence-corrected chi connectivity index (χ2v) is 14.0. The number of rotatable bonds is 10. The second kappa shape index (κ2) is 14.5. The molecule has 0 aliphatic carbocycles. The maximum atomic E-state index is 14.1. The summed E-state index contributed by atoms with van der Waals surface area (Å²) in [6, 6.07) is 23.1. The summed E-state index contributed by atoms with van der Waals surface area (Å²) in [7, 11) is -2.99. The number of phenols is 1. The molecule has 0 heterocycles. The first-order valence-electron chi connectivity index (χ1n) is 13.9. The van der Waals surface area contributed by atoms with Gasteiger partial charge in [0.05, 0.1) is 22.7 Å². The van der Waals surface area contributed by atoms with Gasteiger partial charge >= 0.3 is 6.18 Å². The van der Waals surface area contributed by atoms with Crippen LogP contribution in [0, 0.1) is 0 Å². The zero-order chi connectivity index (χ0) is 34.8. The molecule has 48 heavy (non-hydrogen) atoms. The van der Waals surface area contributed by atoms with Gasteiger partial charge in [-0.3, -0.25) is 0 Å². The smallest absolute Gasteiger partial charge is 0.416 e. The van der Waals surface area contributed by atoms with E-state index in [1.165, 1.54) is 25.3 Å². The number of benzene rings is 5. The van der Waals surface area contributed by atoms with Gasteiger partial charge in [0.2, 0.25) is 10.0 Å². The lowest BCUT2D eigenvalue weighted by atomic mass is 10.0. The van der Waals surface area contributed by atoms with E-state index in [0.29, 0.717) is 33.2 Å². The van der Waals surface area contributed by atoms with Gasteiger partial charge in [0.1, 0.15) is 22.1 Å². The molecule has 5 rings (SSSR count). The molecule has 0 radical (unpaired) electrons. The van der Waals surface area contributed by atoms with Gasteiger partial charge < -0.3 is 14.6 Å². The molecule has 0 spiro atoms. The van der Waals surface area contributed by atoms with E-state index in [-0.39, 0.29) is 33.9 Å². The van der Waals surface area contributed by atoms with Crippen LogP contribution in [0.1, 0.15) is 16.7 Å². The number of halogens is 7. The maximum absolute atomic E-state index is 14.1. The standard InChI is InChI=1S/C34H24Cl4F3NO5S/c1-46-33-28(22-4-8-24(35)9-5-22)14-21(15-30(33)38)19-42(48(44,45)31-17-25(36)16-29(37)32(31)43)18-20-2-10-26(11-3-20)47-27-12-6-23(7-13-27)34(39,40)41/h2-17,43H,18-19H2,1H3. The Labute approximate surface area is 294 Å². The number of methoxy groups -OCH3 is 1. The molecule has 0 aliphatic rings. The number of hydrogen-bond acceptors (Lipinski definition) is 5. The molecule has 0 aromatic heterocycles. The van der Waals surface area contributed by atoms with Crippen LogP contribution in [-0.4, -0.2) is 24.9 Å². The molecule has 0 amide bonds. The van der Waals surface area contributed by atoms with E-state index >= 15 is 0 Å². The lowest BCUT2D eigenvalue weighted by Gasteiger charge is -2.24. The monoisotopic (exact) mass is 755 g/mol. The van der Waals surface area contributed by atoms with Gasteiger partial charge in [-0.2, -0.15) is 17.5 Å². The molecular formula is C34H24Cl4F3NO5S. The summed E-state index contributed by atoms with van der Waals surface area (Å²) in [4.78, 5) is -0.500. The fraction of sp³-hybridized carbons (Fsp3) is 0.118. The summed E-state index contributed by atoms with van der Waals surface area (Å²) in [6.45, 7) is -0.396. The minimum absolute atomic E-state index is 0.00129. The highest BCUT2D eigenvalue weighted by molar-refractivity contribution is 7.89. The van der Waals surface area contributed by atoms with Gasteiger partial charge in [-0.1, -0.05) is 70.7 Å². The number of sulfonamides is 1. The van der Waals surface area contributed by atoms with Crippen molar-refractivity contribution in [2.24, 2.45) is 0 Å². The highest BCUT2D eigenvalue weighted by Gasteiger charge is 2.31. The zero-order valence-electron chi connectivity index (χ0n) is 24.7. The van der Waals surface area contributed by atoms with Crippen molar-refractivity contribution in [2.75, 3.05) is 7.11 Å². The molecule has 1 N–H and O–H groups in total. The van der Waals surface area contributed by atoms with Gasteiger partial charge in [-0.15, -0.1) is 0 Å². The van der Waals surface area contributed by atoms with E-state index in [0.717, 1.165) is 28.1 Å². The van der Waals surface area contributed by atoms with Crippen LogP contribution >= 0.6 is 46.4 Å². The van der Waals surface area contributed by atoms with Crippen molar-refractivity contribution >= 4 is 56.4 Å². The highest BCUT2D eigenvalue weighted by atomic mass is 35.5. The number of ether oxygens (including phenoxy) is 2. The highest BCUT2D eigenvalue weighted by Crippen LogP contribution is 2.40. The third-order valence-electron chi connectivity index (χ3n) is 7.13. The second-order valence-electron chi connectivity index (χ2n) is 10.4. The van der Waals surface area contributed by atoms with Crippen LogP contribution in [0.2, 0.25) is 20.1 Å². The van der Waals surface area contributed by atoms with Crippen LogP contribution in [0.4, 0.5) is 13.2 Å². The molecule has 0 bridgehead atoms. The SMILES string of the molecule is COc1c(Cl)cc(CN(Cc2ccc(Oc3ccc(C(F)(F)F)cc3)cc2)S(=O)(=O)c2cc(Cl)cc(Cl)c2O)cc1-c1ccc(Cl)cc1. The molecule has 5 aromatic rings. The molecule has 0 fully saturated rings. The summed E-state index contributed by atoms with van der Waals surface area (Å²) in [5, 5.41) is 11.2. The number of phenolic OH excluding ortho intramolecular Hbond substituents is 1. The first-order chi connectivity index (χ1) is 22.6. The molecule has 5 aromatic carbocycles. The van der Waals surface area contributed by atoms with Crippen molar-refractivity contribution in [3.8, 4) is 34.1 Å². The van der Waals surface area contributed by atoms with Gasteiger partial charge in [0.25, 0.3) is 0 Å². The maximum Gasteiger partial charge on any atom is 0.416 e. The third-order valence-corrected chi connectivity index (χ3v) is 9.98. The van der Waals surface area contributed by atoms with Crippen molar-refractivity contribution in [3.05, 3.63) is 134 Å². The van der Waals surface area contributed by atoms with Crippen molar-refractivity contribution in [1.82, 2.24) is 4.31 Å². The van der Waals surface area contributed by atoms with Gasteiger partial charge in [0, 0.05) is 28.7 Å². The van der Waals surface area contributed by atoms with Gasteiger partial charge in [-0.25, -0.2) is 8.42 Å². The topological polar surface area (TPSA) is 76.1 Å². The van der Waals surface area contributed by atoms with E-state index in [1.54, 1.807) is 60.7 Å². The molecule has 0 aliphatic heterocycles. The predicted octanol–water partition coefficient (Wildman–Crippen LogP) is 10.9. The Morgan fingerprint density at radius 3 is 1.90 bits per heavy atom. The average molecular weight is 757 g/mol. The first kappa shape index (κ1) is 35.7. The van der Waals surface area contributed by atoms with Crippen LogP contribution in [0.5, 0.6) is 23.0 Å². The van der Waals surface area contributed by atoms with Crippen LogP contribution in [0.15, 0.2) is 102 Å². The quantitative estimate of drug-likeness (QED) is 0.154. The minimum Gasteiger partial charge on any atom is -0.505 e. The van der Waals surface area contributed by atoms with Gasteiger partial charge in [-0.05, 0) is 89.5 Å².